The van der Waals surface area contributed by atoms with E-state index < -0.39 is 105 Å². The number of nitrogens with zero attached hydrogens (tertiary/aromatic N) is 2. The number of aryl methyl sites for hydroxylation is 2. The van der Waals surface area contributed by atoms with E-state index in [1.54, 1.807) is 40.7 Å². The van der Waals surface area contributed by atoms with Gasteiger partial charge in [0.15, 0.2) is 0 Å². The number of alkyl carbamates (subject to hydrolysis) is 1. The van der Waals surface area contributed by atoms with Gasteiger partial charge in [0.05, 0.1) is 26.4 Å². The molecule has 1 saturated heterocycles. The minimum atomic E-state index is -4.91. The van der Waals surface area contributed by atoms with Gasteiger partial charge in [0.1, 0.15) is 40.8 Å². The topological polar surface area (TPSA) is 182 Å². The fraction of sp³-hybridized carbons (Fsp3) is 0.600. The van der Waals surface area contributed by atoms with Gasteiger partial charge in [-0.2, -0.15) is 0 Å². The number of fused-ring (bicyclic) bond motifs is 4. The number of aromatic nitrogens is 1. The van der Waals surface area contributed by atoms with E-state index in [0.717, 1.165) is 6.42 Å². The fourth-order valence-corrected chi connectivity index (χ4v) is 10.7. The highest BCUT2D eigenvalue weighted by Crippen LogP contribution is 2.46. The highest BCUT2D eigenvalue weighted by atomic mass is 127. The van der Waals surface area contributed by atoms with Crippen LogP contribution in [0.1, 0.15) is 96.7 Å². The zero-order valence-electron chi connectivity index (χ0n) is 33.7. The summed E-state index contributed by atoms with van der Waals surface area (Å²) >= 11 is -1.03. The molecular weight excluding hydrogens is 910 g/mol. The molecule has 1 aliphatic carbocycles. The number of hydrogen-bond acceptors (Lipinski definition) is 10. The van der Waals surface area contributed by atoms with Crippen LogP contribution < -0.4 is 24.8 Å². The lowest BCUT2D eigenvalue weighted by atomic mass is 9.87. The van der Waals surface area contributed by atoms with Crippen molar-refractivity contribution in [3.05, 3.63) is 41.6 Å². The maximum absolute atomic E-state index is 14.7. The van der Waals surface area contributed by atoms with Crippen LogP contribution in [-0.4, -0.2) is 97.5 Å². The van der Waals surface area contributed by atoms with Crippen LogP contribution in [0.15, 0.2) is 30.4 Å². The first-order chi connectivity index (χ1) is 27.5. The average Bonchev–Trinajstić information content (AvgIpc) is 3.80. The van der Waals surface area contributed by atoms with Crippen LogP contribution in [0.5, 0.6) is 11.5 Å². The first-order valence-corrected chi connectivity index (χ1v) is 23.9. The van der Waals surface area contributed by atoms with Gasteiger partial charge in [-0.05, 0) is 97.8 Å². The van der Waals surface area contributed by atoms with E-state index >= 15 is 0 Å². The summed E-state index contributed by atoms with van der Waals surface area (Å²) in [6, 6.07) is 0.171. The standard InChI is InChI=1S/C40H51F3IN5O9S/c1-23-32-25(26-20-24(56-40(41,42)43)14-15-28(26)45-23)16-17-39(57-32)21-30-33(50)47-31(34(51)48-59(54,55)38(5)18-19-38)27(44-6)12-10-8-7-9-11-13-29(35(52)49(30)22-39)46-36(53)58-37(2,3)4/h10,12,14-15,20,27,29-31H,6-9,11,13,16-19,21-22H2,1-5H3,(H,46,53)(H,47,50)(H,48,51)/b12-10-/t27-,29-,30-,31?,39+/m0/s1. The number of rotatable bonds is 6. The van der Waals surface area contributed by atoms with E-state index in [0.29, 0.717) is 60.0 Å². The number of nitrogens with one attached hydrogen (secondary N) is 3. The Hall–Kier alpha value is -4.01. The Morgan fingerprint density at radius 3 is 2.51 bits per heavy atom. The summed E-state index contributed by atoms with van der Waals surface area (Å²) in [6.45, 7) is 8.18. The van der Waals surface area contributed by atoms with Crippen LogP contribution in [0, 0.1) is 6.92 Å². The number of sulfonamides is 1. The molecule has 4 heterocycles. The van der Waals surface area contributed by atoms with E-state index in [-0.39, 0.29) is 32.2 Å². The second-order valence-electron chi connectivity index (χ2n) is 17.0. The molecule has 0 bridgehead atoms. The number of halogens is 4. The van der Waals surface area contributed by atoms with Crippen LogP contribution in [0.3, 0.4) is 0 Å². The molecule has 14 nitrogen and oxygen atoms in total. The molecule has 0 radical (unpaired) electrons. The van der Waals surface area contributed by atoms with Crippen molar-refractivity contribution in [1.82, 2.24) is 25.2 Å². The van der Waals surface area contributed by atoms with Gasteiger partial charge in [-0.3, -0.25) is 19.1 Å². The number of carbonyl (C=O) groups excluding carboxylic acids is 4. The molecule has 19 heteroatoms. The molecule has 5 atom stereocenters. The normalized spacial score (nSPS) is 26.9. The Morgan fingerprint density at radius 2 is 1.85 bits per heavy atom. The molecular formula is C40H51F3IN5O9S. The third-order valence-electron chi connectivity index (χ3n) is 11.1. The summed E-state index contributed by atoms with van der Waals surface area (Å²) in [5.74, 6) is -2.34. The maximum atomic E-state index is 14.7. The van der Waals surface area contributed by atoms with Crippen LogP contribution in [0.4, 0.5) is 18.0 Å². The number of ether oxygens (including phenoxy) is 3. The van der Waals surface area contributed by atoms with Gasteiger partial charge < -0.3 is 29.7 Å². The molecule has 1 aromatic carbocycles. The molecule has 59 heavy (non-hydrogen) atoms. The molecule has 4 aliphatic rings. The van der Waals surface area contributed by atoms with Gasteiger partial charge in [0, 0.05) is 17.4 Å². The van der Waals surface area contributed by atoms with Crippen molar-refractivity contribution in [2.75, 3.05) is 6.54 Å². The van der Waals surface area contributed by atoms with Crippen LogP contribution in [0.25, 0.3) is 10.9 Å². The summed E-state index contributed by atoms with van der Waals surface area (Å²) in [4.78, 5) is 62.4. The number of hydrogen-bond donors (Lipinski definition) is 3. The lowest BCUT2D eigenvalue weighted by Crippen LogP contribution is -2.59. The van der Waals surface area contributed by atoms with Crippen molar-refractivity contribution in [3.63, 3.8) is 0 Å². The number of pyridine rings is 1. The van der Waals surface area contributed by atoms with E-state index in [1.165, 1.54) is 23.1 Å². The van der Waals surface area contributed by atoms with Gasteiger partial charge >= 0.3 is 12.5 Å². The average molecular weight is 962 g/mol. The Morgan fingerprint density at radius 1 is 1.12 bits per heavy atom. The number of benzene rings is 1. The lowest BCUT2D eigenvalue weighted by Gasteiger charge is -2.36. The molecule has 6 rings (SSSR count). The largest absolute Gasteiger partial charge is 0.573 e. The molecule has 1 aromatic heterocycles. The zero-order chi connectivity index (χ0) is 43.1. The summed E-state index contributed by atoms with van der Waals surface area (Å²) < 4.78 is 86.9. The molecule has 1 spiro atoms. The van der Waals surface area contributed by atoms with Crippen molar-refractivity contribution in [2.45, 2.75) is 143 Å². The minimum Gasteiger partial charge on any atom is -0.483 e. The highest BCUT2D eigenvalue weighted by molar-refractivity contribution is 14.2. The Kier molecular flexibility index (Phi) is 12.7. The smallest absolute Gasteiger partial charge is 0.483 e. The Bertz CT molecular complexity index is 2160. The van der Waals surface area contributed by atoms with Crippen molar-refractivity contribution < 1.29 is 55.0 Å². The molecule has 1 saturated carbocycles. The Labute approximate surface area is 351 Å². The number of allylic oxidation sites excluding steroid dienone is 1. The zero-order valence-corrected chi connectivity index (χ0v) is 36.6. The first-order valence-electron chi connectivity index (χ1n) is 19.6. The first kappa shape index (κ1) is 44.5. The number of alkyl halides is 4. The third kappa shape index (κ3) is 10.3. The molecule has 324 valence electrons. The van der Waals surface area contributed by atoms with Gasteiger partial charge in [0.25, 0.3) is 5.91 Å². The van der Waals surface area contributed by atoms with Crippen molar-refractivity contribution >= 4 is 70.0 Å². The quantitative estimate of drug-likeness (QED) is 0.183. The minimum absolute atomic E-state index is 0.0670. The fourth-order valence-electron chi connectivity index (χ4n) is 7.77. The van der Waals surface area contributed by atoms with E-state index in [9.17, 15) is 40.8 Å². The van der Waals surface area contributed by atoms with Gasteiger partial charge in [-0.1, -0.05) is 29.5 Å². The van der Waals surface area contributed by atoms with Crippen molar-refractivity contribution in [1.29, 1.82) is 0 Å². The predicted molar refractivity (Wildman–Crippen MR) is 222 cm³/mol. The number of carbonyl (C=O) groups is 4. The van der Waals surface area contributed by atoms with E-state index in [1.807, 2.05) is 6.08 Å². The van der Waals surface area contributed by atoms with Crippen molar-refractivity contribution in [3.8, 4) is 11.5 Å². The second-order valence-corrected chi connectivity index (χ2v) is 21.5. The SMILES string of the molecule is C=I[C@H]1/C=C\CCCCC[C@H](NC(=O)OC(C)(C)C)C(=O)N2C[C@@]3(CCc4c(c(C)nc5ccc(OC(F)(F)F)cc45)O3)C[C@H]2C(=O)NC1C(=O)NS(=O)(=O)C1(C)CC1. The highest BCUT2D eigenvalue weighted by Gasteiger charge is 2.55. The van der Waals surface area contributed by atoms with Gasteiger partial charge in [-0.25, -0.2) is 18.2 Å². The maximum Gasteiger partial charge on any atom is 0.573 e. The Balaban J connectivity index is 1.38. The summed E-state index contributed by atoms with van der Waals surface area (Å²) in [6.07, 6.45) is 1.98. The lowest BCUT2D eigenvalue weighted by molar-refractivity contribution is -0.274. The second kappa shape index (κ2) is 16.8. The van der Waals surface area contributed by atoms with E-state index in [2.05, 4.69) is 29.6 Å². The molecule has 3 aliphatic heterocycles. The van der Waals surface area contributed by atoms with Crippen LogP contribution in [-0.2, 0) is 35.6 Å². The molecule has 2 fully saturated rings. The number of amides is 4. The third-order valence-corrected chi connectivity index (χ3v) is 15.5. The van der Waals surface area contributed by atoms with E-state index in [4.69, 9.17) is 9.47 Å². The summed E-state index contributed by atoms with van der Waals surface area (Å²) in [5, 5.41) is 5.91. The van der Waals surface area contributed by atoms with Gasteiger partial charge in [-0.15, -0.1) is 33.9 Å². The summed E-state index contributed by atoms with van der Waals surface area (Å²) in [7, 11) is -4.08. The predicted octanol–water partition coefficient (Wildman–Crippen LogP) is 5.77. The van der Waals surface area contributed by atoms with Crippen LogP contribution in [0.2, 0.25) is 0 Å². The van der Waals surface area contributed by atoms with Crippen molar-refractivity contribution in [2.24, 2.45) is 0 Å². The molecule has 4 amide bonds. The van der Waals surface area contributed by atoms with Gasteiger partial charge in [0.2, 0.25) is 21.8 Å². The molecule has 3 N–H and O–H groups in total. The molecule has 1 unspecified atom stereocenters. The molecule has 2 aromatic rings. The summed E-state index contributed by atoms with van der Waals surface area (Å²) in [5.41, 5.74) is -0.610. The monoisotopic (exact) mass is 961 g/mol. The van der Waals surface area contributed by atoms with Crippen LogP contribution >= 0.6 is 20.7 Å².